The summed E-state index contributed by atoms with van der Waals surface area (Å²) in [5.74, 6) is 0.714. The van der Waals surface area contributed by atoms with Gasteiger partial charge >= 0.3 is 0 Å². The van der Waals surface area contributed by atoms with Gasteiger partial charge in [0.1, 0.15) is 5.01 Å². The Bertz CT molecular complexity index is 516. The molecule has 0 amide bonds. The number of thiazole rings is 1. The van der Waals surface area contributed by atoms with Gasteiger partial charge in [0.25, 0.3) is 0 Å². The van der Waals surface area contributed by atoms with Gasteiger partial charge in [0.15, 0.2) is 0 Å². The van der Waals surface area contributed by atoms with Crippen molar-refractivity contribution >= 4 is 47.2 Å². The third kappa shape index (κ3) is 2.79. The monoisotopic (exact) mass is 303 g/mol. The average molecular weight is 304 g/mol. The van der Waals surface area contributed by atoms with E-state index in [0.29, 0.717) is 15.8 Å². The van der Waals surface area contributed by atoms with Gasteiger partial charge in [-0.2, -0.15) is 12.6 Å². The zero-order valence-electron chi connectivity index (χ0n) is 9.20. The molecule has 2 aromatic rings. The van der Waals surface area contributed by atoms with E-state index in [2.05, 4.69) is 24.5 Å². The highest BCUT2D eigenvalue weighted by Gasteiger charge is 2.12. The van der Waals surface area contributed by atoms with Crippen LogP contribution in [0.15, 0.2) is 18.2 Å². The Morgan fingerprint density at radius 1 is 1.35 bits per heavy atom. The van der Waals surface area contributed by atoms with Gasteiger partial charge in [0.2, 0.25) is 0 Å². The highest BCUT2D eigenvalue weighted by molar-refractivity contribution is 7.79. The van der Waals surface area contributed by atoms with Crippen LogP contribution in [0.25, 0.3) is 10.6 Å². The van der Waals surface area contributed by atoms with E-state index in [1.807, 2.05) is 12.1 Å². The first-order valence-electron chi connectivity index (χ1n) is 5.20. The number of nitrogens with zero attached hydrogens (tertiary/aromatic N) is 1. The van der Waals surface area contributed by atoms with Crippen LogP contribution in [0.1, 0.15) is 17.5 Å². The lowest BCUT2D eigenvalue weighted by Gasteiger charge is -2.00. The molecule has 0 aliphatic carbocycles. The Labute approximate surface area is 120 Å². The molecule has 1 aromatic heterocycles. The van der Waals surface area contributed by atoms with Crippen LogP contribution in [0.5, 0.6) is 0 Å². The van der Waals surface area contributed by atoms with Gasteiger partial charge in [-0.1, -0.05) is 30.1 Å². The number of halogens is 2. The van der Waals surface area contributed by atoms with Crippen molar-refractivity contribution in [3.8, 4) is 10.6 Å². The highest BCUT2D eigenvalue weighted by Crippen LogP contribution is 2.35. The largest absolute Gasteiger partial charge is 0.241 e. The third-order valence-corrected chi connectivity index (χ3v) is 4.63. The highest BCUT2D eigenvalue weighted by atomic mass is 35.5. The summed E-state index contributed by atoms with van der Waals surface area (Å²) in [5, 5.41) is 2.22. The fraction of sp³-hybridized carbons (Fsp3) is 0.250. The molecular formula is C12H11Cl2NS2. The van der Waals surface area contributed by atoms with Crippen molar-refractivity contribution in [1.82, 2.24) is 4.98 Å². The number of rotatable bonds is 3. The van der Waals surface area contributed by atoms with Gasteiger partial charge in [-0.05, 0) is 24.6 Å². The van der Waals surface area contributed by atoms with Gasteiger partial charge in [0, 0.05) is 21.2 Å². The molecule has 0 saturated carbocycles. The number of aromatic nitrogens is 1. The van der Waals surface area contributed by atoms with Crippen LogP contribution in [-0.4, -0.2) is 4.98 Å². The molecule has 1 aromatic carbocycles. The van der Waals surface area contributed by atoms with Crippen LogP contribution < -0.4 is 0 Å². The zero-order chi connectivity index (χ0) is 12.4. The molecule has 1 nitrogen and oxygen atoms in total. The number of aryl methyl sites for hydroxylation is 1. The van der Waals surface area contributed by atoms with Crippen molar-refractivity contribution in [2.75, 3.05) is 0 Å². The van der Waals surface area contributed by atoms with E-state index >= 15 is 0 Å². The third-order valence-electron chi connectivity index (χ3n) is 2.42. The fourth-order valence-corrected chi connectivity index (χ4v) is 3.54. The Kier molecular flexibility index (Phi) is 4.36. The maximum Gasteiger partial charge on any atom is 0.125 e. The smallest absolute Gasteiger partial charge is 0.125 e. The summed E-state index contributed by atoms with van der Waals surface area (Å²) < 4.78 is 0. The molecule has 17 heavy (non-hydrogen) atoms. The summed E-state index contributed by atoms with van der Waals surface area (Å²) >= 11 is 18.0. The topological polar surface area (TPSA) is 12.9 Å². The molecule has 90 valence electrons. The molecule has 0 bridgehead atoms. The first-order valence-corrected chi connectivity index (χ1v) is 7.41. The lowest BCUT2D eigenvalue weighted by Crippen LogP contribution is -1.85. The van der Waals surface area contributed by atoms with Crippen molar-refractivity contribution < 1.29 is 0 Å². The van der Waals surface area contributed by atoms with E-state index in [-0.39, 0.29) is 0 Å². The lowest BCUT2D eigenvalue weighted by atomic mass is 10.2. The summed E-state index contributed by atoms with van der Waals surface area (Å²) in [7, 11) is 0. The molecule has 1 heterocycles. The Morgan fingerprint density at radius 3 is 2.65 bits per heavy atom. The van der Waals surface area contributed by atoms with Crippen LogP contribution >= 0.6 is 47.2 Å². The Hall–Kier alpha value is -0.220. The number of thiol groups is 1. The predicted octanol–water partition coefficient (Wildman–Crippen LogP) is 5.11. The maximum atomic E-state index is 6.18. The van der Waals surface area contributed by atoms with Crippen molar-refractivity contribution in [3.63, 3.8) is 0 Å². The minimum absolute atomic E-state index is 0.639. The second kappa shape index (κ2) is 5.61. The van der Waals surface area contributed by atoms with Crippen molar-refractivity contribution in [2.24, 2.45) is 0 Å². The molecule has 0 fully saturated rings. The second-order valence-electron chi connectivity index (χ2n) is 3.52. The van der Waals surface area contributed by atoms with Crippen LogP contribution in [0.4, 0.5) is 0 Å². The van der Waals surface area contributed by atoms with E-state index in [4.69, 9.17) is 23.2 Å². The van der Waals surface area contributed by atoms with Crippen molar-refractivity contribution in [1.29, 1.82) is 0 Å². The van der Waals surface area contributed by atoms with Crippen LogP contribution in [-0.2, 0) is 12.2 Å². The zero-order valence-corrected chi connectivity index (χ0v) is 12.4. The van der Waals surface area contributed by atoms with Crippen molar-refractivity contribution in [3.05, 3.63) is 38.8 Å². The predicted molar refractivity (Wildman–Crippen MR) is 79.6 cm³/mol. The summed E-state index contributed by atoms with van der Waals surface area (Å²) in [4.78, 5) is 5.81. The molecule has 0 spiro atoms. The normalized spacial score (nSPS) is 10.8. The number of benzene rings is 1. The molecule has 0 radical (unpaired) electrons. The summed E-state index contributed by atoms with van der Waals surface area (Å²) in [6, 6.07) is 5.48. The number of hydrogen-bond acceptors (Lipinski definition) is 3. The Morgan fingerprint density at radius 2 is 2.12 bits per heavy atom. The standard InChI is InChI=1S/C12H11Cl2NS2/c1-2-10-11(6-16)17-12(15-10)8-4-3-7(13)5-9(8)14/h3-5,16H,2,6H2,1H3. The van der Waals surface area contributed by atoms with Gasteiger partial charge in [0.05, 0.1) is 10.7 Å². The maximum absolute atomic E-state index is 6.18. The van der Waals surface area contributed by atoms with E-state index in [0.717, 1.165) is 22.7 Å². The molecule has 0 unspecified atom stereocenters. The molecule has 2 rings (SSSR count). The minimum atomic E-state index is 0.639. The molecule has 0 aliphatic rings. The fourth-order valence-electron chi connectivity index (χ4n) is 1.56. The molecule has 0 aliphatic heterocycles. The molecule has 5 heteroatoms. The van der Waals surface area contributed by atoms with Crippen LogP contribution in [0.3, 0.4) is 0 Å². The van der Waals surface area contributed by atoms with Gasteiger partial charge < -0.3 is 0 Å². The average Bonchev–Trinajstić information content (AvgIpc) is 2.72. The Balaban J connectivity index is 2.49. The second-order valence-corrected chi connectivity index (χ2v) is 5.77. The number of hydrogen-bond donors (Lipinski definition) is 1. The quantitative estimate of drug-likeness (QED) is 0.778. The molecule has 0 atom stereocenters. The van der Waals surface area contributed by atoms with Gasteiger partial charge in [-0.3, -0.25) is 0 Å². The van der Waals surface area contributed by atoms with E-state index in [1.165, 1.54) is 4.88 Å². The molecule has 0 N–H and O–H groups in total. The van der Waals surface area contributed by atoms with E-state index in [9.17, 15) is 0 Å². The first-order chi connectivity index (χ1) is 8.15. The van der Waals surface area contributed by atoms with Crippen molar-refractivity contribution in [2.45, 2.75) is 19.1 Å². The van der Waals surface area contributed by atoms with Gasteiger partial charge in [-0.15, -0.1) is 11.3 Å². The first kappa shape index (κ1) is 13.2. The van der Waals surface area contributed by atoms with E-state index in [1.54, 1.807) is 17.4 Å². The van der Waals surface area contributed by atoms with Gasteiger partial charge in [-0.25, -0.2) is 4.98 Å². The summed E-state index contributed by atoms with van der Waals surface area (Å²) in [6.07, 6.45) is 0.914. The molecule has 0 saturated heterocycles. The minimum Gasteiger partial charge on any atom is -0.241 e. The van der Waals surface area contributed by atoms with E-state index < -0.39 is 0 Å². The van der Waals surface area contributed by atoms with Crippen LogP contribution in [0, 0.1) is 0 Å². The summed E-state index contributed by atoms with van der Waals surface area (Å²) in [6.45, 7) is 2.09. The van der Waals surface area contributed by atoms with Crippen LogP contribution in [0.2, 0.25) is 10.0 Å². The SMILES string of the molecule is CCc1nc(-c2ccc(Cl)cc2Cl)sc1CS. The lowest BCUT2D eigenvalue weighted by molar-refractivity contribution is 1.04. The summed E-state index contributed by atoms with van der Waals surface area (Å²) in [5.41, 5.74) is 2.04. The molecular weight excluding hydrogens is 293 g/mol.